The van der Waals surface area contributed by atoms with Gasteiger partial charge >= 0.3 is 5.97 Å². The van der Waals surface area contributed by atoms with Crippen LogP contribution in [0.1, 0.15) is 24.1 Å². The van der Waals surface area contributed by atoms with E-state index in [4.69, 9.17) is 9.57 Å². The standard InChI is InChI=1S/C21H26N2O5S/c1-3-27-21(24)18(14-16-10-6-4-7-11-16)22-29(25,26)19-15-28-23(2)20(19)17-12-8-5-9-13-17/h4-13,18-20,22H,3,14-15H2,1-2H3/t18-,19-,20+/m0/s1. The lowest BCUT2D eigenvalue weighted by Gasteiger charge is -2.25. The van der Waals surface area contributed by atoms with E-state index in [-0.39, 0.29) is 19.6 Å². The quantitative estimate of drug-likeness (QED) is 0.661. The molecule has 3 rings (SSSR count). The number of hydrogen-bond donors (Lipinski definition) is 1. The highest BCUT2D eigenvalue weighted by Gasteiger charge is 2.44. The van der Waals surface area contributed by atoms with Crippen molar-refractivity contribution >= 4 is 16.0 Å². The summed E-state index contributed by atoms with van der Waals surface area (Å²) >= 11 is 0. The van der Waals surface area contributed by atoms with Crippen LogP contribution in [0, 0.1) is 0 Å². The number of sulfonamides is 1. The van der Waals surface area contributed by atoms with Gasteiger partial charge in [-0.25, -0.2) is 13.1 Å². The molecule has 2 aromatic carbocycles. The third-order valence-corrected chi connectivity index (χ3v) is 6.69. The molecular formula is C21H26N2O5S. The molecule has 1 N–H and O–H groups in total. The first kappa shape index (κ1) is 21.4. The summed E-state index contributed by atoms with van der Waals surface area (Å²) < 4.78 is 34.2. The van der Waals surface area contributed by atoms with E-state index in [1.54, 1.807) is 19.0 Å². The molecule has 7 nitrogen and oxygen atoms in total. The fraction of sp³-hybridized carbons (Fsp3) is 0.381. The summed E-state index contributed by atoms with van der Waals surface area (Å²) in [5, 5.41) is 0.693. The minimum atomic E-state index is -3.89. The van der Waals surface area contributed by atoms with Crippen molar-refractivity contribution in [1.82, 2.24) is 9.79 Å². The van der Waals surface area contributed by atoms with E-state index in [1.165, 1.54) is 0 Å². The van der Waals surface area contributed by atoms with Gasteiger partial charge in [-0.3, -0.25) is 9.63 Å². The Bertz CT molecular complexity index is 905. The van der Waals surface area contributed by atoms with Crippen LogP contribution in [0.3, 0.4) is 0 Å². The van der Waals surface area contributed by atoms with Crippen LogP contribution >= 0.6 is 0 Å². The fourth-order valence-corrected chi connectivity index (χ4v) is 5.14. The number of carbonyl (C=O) groups excluding carboxylic acids is 1. The lowest BCUT2D eigenvalue weighted by atomic mass is 10.0. The van der Waals surface area contributed by atoms with Gasteiger partial charge in [0.25, 0.3) is 0 Å². The third-order valence-electron chi connectivity index (χ3n) is 4.89. The third kappa shape index (κ3) is 5.22. The molecule has 0 radical (unpaired) electrons. The van der Waals surface area contributed by atoms with Crippen LogP contribution in [0.5, 0.6) is 0 Å². The van der Waals surface area contributed by atoms with E-state index in [1.807, 2.05) is 60.7 Å². The van der Waals surface area contributed by atoms with Gasteiger partial charge in [0.15, 0.2) is 0 Å². The normalized spacial score (nSPS) is 21.0. The fourth-order valence-electron chi connectivity index (χ4n) is 3.48. The summed E-state index contributed by atoms with van der Waals surface area (Å²) in [5.41, 5.74) is 1.67. The Morgan fingerprint density at radius 1 is 1.17 bits per heavy atom. The second-order valence-electron chi connectivity index (χ2n) is 6.89. The first-order chi connectivity index (χ1) is 13.9. The highest BCUT2D eigenvalue weighted by Crippen LogP contribution is 2.33. The molecule has 0 saturated carbocycles. The van der Waals surface area contributed by atoms with E-state index < -0.39 is 33.3 Å². The first-order valence-electron chi connectivity index (χ1n) is 9.54. The summed E-state index contributed by atoms with van der Waals surface area (Å²) in [5.74, 6) is -0.594. The number of nitrogens with zero attached hydrogens (tertiary/aromatic N) is 1. The van der Waals surface area contributed by atoms with Crippen LogP contribution in [0.15, 0.2) is 60.7 Å². The summed E-state index contributed by atoms with van der Waals surface area (Å²) in [6.45, 7) is 1.87. The van der Waals surface area contributed by atoms with E-state index in [0.717, 1.165) is 11.1 Å². The molecule has 0 aromatic heterocycles. The second kappa shape index (κ2) is 9.49. The molecule has 29 heavy (non-hydrogen) atoms. The van der Waals surface area contributed by atoms with Crippen LogP contribution < -0.4 is 4.72 Å². The van der Waals surface area contributed by atoms with Crippen molar-refractivity contribution in [2.75, 3.05) is 20.3 Å². The number of rotatable bonds is 8. The van der Waals surface area contributed by atoms with Crippen LogP contribution in [-0.4, -0.2) is 51.0 Å². The van der Waals surface area contributed by atoms with Crippen molar-refractivity contribution < 1.29 is 22.8 Å². The SMILES string of the molecule is CCOC(=O)[C@H](Cc1ccccc1)NS(=O)(=O)[C@H]1CON(C)[C@@H]1c1ccccc1. The molecule has 1 aliphatic heterocycles. The van der Waals surface area contributed by atoms with Crippen LogP contribution in [0.4, 0.5) is 0 Å². The van der Waals surface area contributed by atoms with Gasteiger partial charge in [0.2, 0.25) is 10.0 Å². The number of carbonyl (C=O) groups is 1. The molecule has 2 aromatic rings. The molecule has 0 amide bonds. The summed E-state index contributed by atoms with van der Waals surface area (Å²) in [7, 11) is -2.18. The number of hydroxylamine groups is 2. The topological polar surface area (TPSA) is 84.9 Å². The molecule has 1 saturated heterocycles. The number of hydrogen-bond acceptors (Lipinski definition) is 6. The van der Waals surface area contributed by atoms with Crippen molar-refractivity contribution in [3.8, 4) is 0 Å². The molecule has 1 aliphatic rings. The molecule has 0 unspecified atom stereocenters. The predicted octanol–water partition coefficient (Wildman–Crippen LogP) is 2.07. The monoisotopic (exact) mass is 418 g/mol. The zero-order valence-electron chi connectivity index (χ0n) is 16.5. The Hall–Kier alpha value is -2.26. The van der Waals surface area contributed by atoms with Crippen molar-refractivity contribution in [2.45, 2.75) is 30.7 Å². The number of nitrogens with one attached hydrogen (secondary N) is 1. The summed E-state index contributed by atoms with van der Waals surface area (Å²) in [6, 6.07) is 17.1. The highest BCUT2D eigenvalue weighted by atomic mass is 32.2. The molecule has 8 heteroatoms. The number of esters is 1. The maximum atomic E-state index is 13.2. The zero-order valence-corrected chi connectivity index (χ0v) is 17.3. The largest absolute Gasteiger partial charge is 0.465 e. The molecule has 0 aliphatic carbocycles. The Morgan fingerprint density at radius 3 is 2.41 bits per heavy atom. The van der Waals surface area contributed by atoms with E-state index in [2.05, 4.69) is 4.72 Å². The molecular weight excluding hydrogens is 392 g/mol. The van der Waals surface area contributed by atoms with E-state index in [0.29, 0.717) is 0 Å². The molecule has 156 valence electrons. The van der Waals surface area contributed by atoms with Gasteiger partial charge in [0.1, 0.15) is 11.3 Å². The Kier molecular flexibility index (Phi) is 7.02. The second-order valence-corrected chi connectivity index (χ2v) is 8.82. The smallest absolute Gasteiger partial charge is 0.324 e. The average molecular weight is 419 g/mol. The zero-order chi connectivity index (χ0) is 20.9. The van der Waals surface area contributed by atoms with Gasteiger partial charge in [-0.1, -0.05) is 60.7 Å². The van der Waals surface area contributed by atoms with Crippen molar-refractivity contribution in [2.24, 2.45) is 0 Å². The number of ether oxygens (including phenoxy) is 1. The van der Waals surface area contributed by atoms with Crippen molar-refractivity contribution in [3.63, 3.8) is 0 Å². The van der Waals surface area contributed by atoms with E-state index >= 15 is 0 Å². The van der Waals surface area contributed by atoms with Gasteiger partial charge in [-0.05, 0) is 24.5 Å². The average Bonchev–Trinajstić information content (AvgIpc) is 3.11. The molecule has 3 atom stereocenters. The van der Waals surface area contributed by atoms with Gasteiger partial charge < -0.3 is 4.74 Å². The Balaban J connectivity index is 1.84. The number of benzene rings is 2. The van der Waals surface area contributed by atoms with Crippen LogP contribution in [-0.2, 0) is 30.8 Å². The van der Waals surface area contributed by atoms with E-state index in [9.17, 15) is 13.2 Å². The van der Waals surface area contributed by atoms with Crippen molar-refractivity contribution in [3.05, 3.63) is 71.8 Å². The molecule has 0 bridgehead atoms. The lowest BCUT2D eigenvalue weighted by Crippen LogP contribution is -2.48. The van der Waals surface area contributed by atoms with Gasteiger partial charge in [-0.15, -0.1) is 0 Å². The van der Waals surface area contributed by atoms with Gasteiger partial charge in [0, 0.05) is 7.05 Å². The van der Waals surface area contributed by atoms with Gasteiger partial charge in [-0.2, -0.15) is 5.06 Å². The lowest BCUT2D eigenvalue weighted by molar-refractivity contribution is -0.145. The highest BCUT2D eigenvalue weighted by molar-refractivity contribution is 7.90. The first-order valence-corrected chi connectivity index (χ1v) is 11.1. The predicted molar refractivity (Wildman–Crippen MR) is 109 cm³/mol. The minimum Gasteiger partial charge on any atom is -0.465 e. The van der Waals surface area contributed by atoms with Crippen LogP contribution in [0.25, 0.3) is 0 Å². The van der Waals surface area contributed by atoms with Crippen LogP contribution in [0.2, 0.25) is 0 Å². The minimum absolute atomic E-state index is 0.00623. The summed E-state index contributed by atoms with van der Waals surface area (Å²) in [4.78, 5) is 18.0. The maximum Gasteiger partial charge on any atom is 0.324 e. The molecule has 0 spiro atoms. The Labute approximate surface area is 171 Å². The Morgan fingerprint density at radius 2 is 1.79 bits per heavy atom. The molecule has 1 fully saturated rings. The van der Waals surface area contributed by atoms with Crippen molar-refractivity contribution in [1.29, 1.82) is 0 Å². The molecule has 1 heterocycles. The van der Waals surface area contributed by atoms with Gasteiger partial charge in [0.05, 0.1) is 19.3 Å². The maximum absolute atomic E-state index is 13.2. The summed E-state index contributed by atoms with van der Waals surface area (Å²) in [6.07, 6.45) is 0.207.